The predicted molar refractivity (Wildman–Crippen MR) is 126 cm³/mol. The van der Waals surface area contributed by atoms with E-state index in [-0.39, 0.29) is 24.0 Å². The Balaban J connectivity index is 0.00000280. The number of nitrogens with zero attached hydrogens (tertiary/aromatic N) is 4. The summed E-state index contributed by atoms with van der Waals surface area (Å²) in [5, 5.41) is 3.09. The molecule has 0 saturated carbocycles. The number of aryl methyl sites for hydroxylation is 1. The highest BCUT2D eigenvalue weighted by Crippen LogP contribution is 2.25. The average Bonchev–Trinajstić information content (AvgIpc) is 3.26. The Kier molecular flexibility index (Phi) is 9.10. The highest BCUT2D eigenvalue weighted by atomic mass is 127. The van der Waals surface area contributed by atoms with Crippen molar-refractivity contribution in [1.82, 2.24) is 9.88 Å². The molecular formula is C19H28IN5O2S. The Bertz CT molecular complexity index is 749. The molecule has 154 valence electrons. The molecule has 1 aliphatic rings. The van der Waals surface area contributed by atoms with Crippen molar-refractivity contribution in [2.75, 3.05) is 51.8 Å². The molecule has 2 N–H and O–H groups in total. The second-order valence-electron chi connectivity index (χ2n) is 6.31. The van der Waals surface area contributed by atoms with Crippen LogP contribution in [0.1, 0.15) is 12.0 Å². The lowest BCUT2D eigenvalue weighted by Gasteiger charge is -2.35. The minimum absolute atomic E-state index is 0. The molecule has 0 amide bonds. The van der Waals surface area contributed by atoms with Gasteiger partial charge in [-0.15, -0.1) is 35.3 Å². The zero-order chi connectivity index (χ0) is 19.1. The normalized spacial score (nSPS) is 14.6. The third-order valence-corrected chi connectivity index (χ3v) is 5.49. The van der Waals surface area contributed by atoms with E-state index in [1.54, 1.807) is 25.6 Å². The second-order valence-corrected chi connectivity index (χ2v) is 7.18. The van der Waals surface area contributed by atoms with Gasteiger partial charge < -0.3 is 25.0 Å². The summed E-state index contributed by atoms with van der Waals surface area (Å²) < 4.78 is 10.7. The molecule has 28 heavy (non-hydrogen) atoms. The number of ether oxygens (including phenoxy) is 2. The van der Waals surface area contributed by atoms with Crippen molar-refractivity contribution >= 4 is 46.4 Å². The van der Waals surface area contributed by atoms with Gasteiger partial charge >= 0.3 is 0 Å². The third-order valence-electron chi connectivity index (χ3n) is 4.66. The maximum atomic E-state index is 6.19. The van der Waals surface area contributed by atoms with Crippen LogP contribution in [0.15, 0.2) is 34.8 Å². The molecular weight excluding hydrogens is 489 g/mol. The fourth-order valence-corrected chi connectivity index (χ4v) is 3.84. The van der Waals surface area contributed by atoms with Gasteiger partial charge in [0.05, 0.1) is 14.2 Å². The summed E-state index contributed by atoms with van der Waals surface area (Å²) in [6.07, 6.45) is 3.62. The van der Waals surface area contributed by atoms with Crippen LogP contribution < -0.4 is 20.1 Å². The highest BCUT2D eigenvalue weighted by Gasteiger charge is 2.19. The molecule has 1 aliphatic heterocycles. The van der Waals surface area contributed by atoms with Gasteiger partial charge in [-0.25, -0.2) is 4.98 Å². The topological polar surface area (TPSA) is 76.2 Å². The second kappa shape index (κ2) is 11.3. The SMILES string of the molecule is COc1ccc(OC)c(CCCN=C(N)N2CCN(c3nccs3)CC2)c1.I. The van der Waals surface area contributed by atoms with Crippen LogP contribution in [-0.2, 0) is 6.42 Å². The van der Waals surface area contributed by atoms with Crippen LogP contribution in [-0.4, -0.2) is 62.8 Å². The van der Waals surface area contributed by atoms with E-state index in [1.165, 1.54) is 0 Å². The van der Waals surface area contributed by atoms with Crippen LogP contribution in [0.2, 0.25) is 0 Å². The standard InChI is InChI=1S/C19H27N5O2S.HI/c1-25-16-5-6-17(26-2)15(14-16)4-3-7-21-18(20)23-9-11-24(12-10-23)19-22-8-13-27-19;/h5-6,8,13-14H,3-4,7,9-12H2,1-2H3,(H2,20,21);1H. The van der Waals surface area contributed by atoms with Gasteiger partial charge in [0.25, 0.3) is 0 Å². The van der Waals surface area contributed by atoms with Gasteiger partial charge in [0.2, 0.25) is 0 Å². The van der Waals surface area contributed by atoms with Crippen molar-refractivity contribution in [1.29, 1.82) is 0 Å². The lowest BCUT2D eigenvalue weighted by Crippen LogP contribution is -2.51. The molecule has 0 radical (unpaired) electrons. The van der Waals surface area contributed by atoms with E-state index < -0.39 is 0 Å². The van der Waals surface area contributed by atoms with E-state index in [0.717, 1.165) is 61.2 Å². The Morgan fingerprint density at radius 3 is 2.64 bits per heavy atom. The Morgan fingerprint density at radius 2 is 2.00 bits per heavy atom. The number of hydrogen-bond donors (Lipinski definition) is 1. The number of guanidine groups is 1. The smallest absolute Gasteiger partial charge is 0.191 e. The predicted octanol–water partition coefficient (Wildman–Crippen LogP) is 2.85. The van der Waals surface area contributed by atoms with Gasteiger partial charge in [-0.2, -0.15) is 0 Å². The minimum Gasteiger partial charge on any atom is -0.497 e. The molecule has 1 aromatic heterocycles. The minimum atomic E-state index is 0. The quantitative estimate of drug-likeness (QED) is 0.264. The van der Waals surface area contributed by atoms with Gasteiger partial charge in [-0.1, -0.05) is 0 Å². The third kappa shape index (κ3) is 5.87. The number of halogens is 1. The summed E-state index contributed by atoms with van der Waals surface area (Å²) in [5.74, 6) is 2.35. The molecule has 2 aromatic rings. The first-order valence-electron chi connectivity index (χ1n) is 9.11. The molecule has 7 nitrogen and oxygen atoms in total. The fraction of sp³-hybridized carbons (Fsp3) is 0.474. The lowest BCUT2D eigenvalue weighted by molar-refractivity contribution is 0.380. The van der Waals surface area contributed by atoms with Gasteiger partial charge in [0.15, 0.2) is 11.1 Å². The number of thiazole rings is 1. The number of piperazine rings is 1. The average molecular weight is 517 g/mol. The summed E-state index contributed by atoms with van der Waals surface area (Å²) in [6, 6.07) is 5.86. The largest absolute Gasteiger partial charge is 0.497 e. The first kappa shape index (κ1) is 22.5. The van der Waals surface area contributed by atoms with Crippen LogP contribution >= 0.6 is 35.3 Å². The van der Waals surface area contributed by atoms with Gasteiger partial charge in [-0.3, -0.25) is 4.99 Å². The number of nitrogens with two attached hydrogens (primary N) is 1. The summed E-state index contributed by atoms with van der Waals surface area (Å²) in [5.41, 5.74) is 7.32. The summed E-state index contributed by atoms with van der Waals surface area (Å²) >= 11 is 1.68. The Morgan fingerprint density at radius 1 is 1.21 bits per heavy atom. The van der Waals surface area contributed by atoms with Crippen LogP contribution in [0.5, 0.6) is 11.5 Å². The maximum Gasteiger partial charge on any atom is 0.191 e. The van der Waals surface area contributed by atoms with Crippen molar-refractivity contribution in [2.24, 2.45) is 10.7 Å². The molecule has 3 rings (SSSR count). The van der Waals surface area contributed by atoms with E-state index in [4.69, 9.17) is 15.2 Å². The van der Waals surface area contributed by atoms with Crippen molar-refractivity contribution in [2.45, 2.75) is 12.8 Å². The molecule has 1 saturated heterocycles. The monoisotopic (exact) mass is 517 g/mol. The number of aromatic nitrogens is 1. The van der Waals surface area contributed by atoms with E-state index in [0.29, 0.717) is 12.5 Å². The lowest BCUT2D eigenvalue weighted by atomic mass is 10.1. The number of benzene rings is 1. The molecule has 0 spiro atoms. The van der Waals surface area contributed by atoms with E-state index in [1.807, 2.05) is 29.8 Å². The molecule has 2 heterocycles. The van der Waals surface area contributed by atoms with Gasteiger partial charge in [-0.05, 0) is 36.6 Å². The first-order valence-corrected chi connectivity index (χ1v) is 9.99. The van der Waals surface area contributed by atoms with Crippen molar-refractivity contribution < 1.29 is 9.47 Å². The number of methoxy groups -OCH3 is 2. The van der Waals surface area contributed by atoms with Crippen molar-refractivity contribution in [3.63, 3.8) is 0 Å². The molecule has 0 unspecified atom stereocenters. The highest BCUT2D eigenvalue weighted by molar-refractivity contribution is 14.0. The zero-order valence-corrected chi connectivity index (χ0v) is 19.5. The molecule has 9 heteroatoms. The Labute approximate surface area is 187 Å². The van der Waals surface area contributed by atoms with Gasteiger partial charge in [0, 0.05) is 44.3 Å². The van der Waals surface area contributed by atoms with Crippen LogP contribution in [0.25, 0.3) is 0 Å². The Hall–Kier alpha value is -1.75. The summed E-state index contributed by atoms with van der Waals surface area (Å²) in [6.45, 7) is 4.28. The molecule has 1 fully saturated rings. The summed E-state index contributed by atoms with van der Waals surface area (Å²) in [4.78, 5) is 13.4. The number of hydrogen-bond acceptors (Lipinski definition) is 6. The number of anilines is 1. The van der Waals surface area contributed by atoms with Gasteiger partial charge in [0.1, 0.15) is 11.5 Å². The summed E-state index contributed by atoms with van der Waals surface area (Å²) in [7, 11) is 3.36. The van der Waals surface area contributed by atoms with Crippen LogP contribution in [0, 0.1) is 0 Å². The van der Waals surface area contributed by atoms with Crippen LogP contribution in [0.4, 0.5) is 5.13 Å². The molecule has 1 aromatic carbocycles. The maximum absolute atomic E-state index is 6.19. The van der Waals surface area contributed by atoms with Crippen molar-refractivity contribution in [3.05, 3.63) is 35.3 Å². The van der Waals surface area contributed by atoms with E-state index in [9.17, 15) is 0 Å². The molecule has 0 bridgehead atoms. The number of rotatable bonds is 7. The zero-order valence-electron chi connectivity index (χ0n) is 16.3. The van der Waals surface area contributed by atoms with Crippen molar-refractivity contribution in [3.8, 4) is 11.5 Å². The molecule has 0 aliphatic carbocycles. The van der Waals surface area contributed by atoms with Crippen LogP contribution in [0.3, 0.4) is 0 Å². The van der Waals surface area contributed by atoms with E-state index >= 15 is 0 Å². The fourth-order valence-electron chi connectivity index (χ4n) is 3.14. The first-order chi connectivity index (χ1) is 13.2. The van der Waals surface area contributed by atoms with E-state index in [2.05, 4.69) is 19.8 Å². The number of aliphatic imine (C=N–C) groups is 1. The molecule has 0 atom stereocenters.